The number of amides is 2. The minimum absolute atomic E-state index is 0.0695. The lowest BCUT2D eigenvalue weighted by Crippen LogP contribution is -2.55. The molecule has 2 aliphatic carbocycles. The molecule has 4 rings (SSSR count). The van der Waals surface area contributed by atoms with Gasteiger partial charge in [-0.3, -0.25) is 4.90 Å². The van der Waals surface area contributed by atoms with Gasteiger partial charge in [-0.05, 0) is 95.8 Å². The number of carbonyl (C=O) groups is 2. The van der Waals surface area contributed by atoms with Gasteiger partial charge in [0, 0.05) is 13.0 Å². The molecule has 0 bridgehead atoms. The Labute approximate surface area is 216 Å². The van der Waals surface area contributed by atoms with Crippen LogP contribution in [0.3, 0.4) is 0 Å². The van der Waals surface area contributed by atoms with Crippen LogP contribution in [-0.4, -0.2) is 53.2 Å². The number of rotatable bonds is 5. The molecule has 3 aliphatic rings. The van der Waals surface area contributed by atoms with E-state index in [1.54, 1.807) is 0 Å². The van der Waals surface area contributed by atoms with E-state index in [0.717, 1.165) is 51.4 Å². The summed E-state index contributed by atoms with van der Waals surface area (Å²) in [4.78, 5) is 27.2. The van der Waals surface area contributed by atoms with Crippen LogP contribution in [0.4, 0.5) is 9.59 Å². The summed E-state index contributed by atoms with van der Waals surface area (Å²) in [7, 11) is 0. The van der Waals surface area contributed by atoms with Gasteiger partial charge in [0.2, 0.25) is 0 Å². The van der Waals surface area contributed by atoms with Gasteiger partial charge in [-0.15, -0.1) is 0 Å². The Morgan fingerprint density at radius 2 is 1.97 bits per heavy atom. The predicted octanol–water partition coefficient (Wildman–Crippen LogP) is 6.08. The molecule has 200 valence electrons. The summed E-state index contributed by atoms with van der Waals surface area (Å²) in [5, 5.41) is 2.85. The maximum Gasteiger partial charge on any atom is 0.413 e. The van der Waals surface area contributed by atoms with Crippen molar-refractivity contribution in [2.75, 3.05) is 13.2 Å². The van der Waals surface area contributed by atoms with Crippen LogP contribution in [0.2, 0.25) is 0 Å². The fourth-order valence-electron chi connectivity index (χ4n) is 6.11. The van der Waals surface area contributed by atoms with E-state index < -0.39 is 11.3 Å². The lowest BCUT2D eigenvalue weighted by atomic mass is 9.85. The van der Waals surface area contributed by atoms with Crippen molar-refractivity contribution in [2.24, 2.45) is 0 Å². The predicted molar refractivity (Wildman–Crippen MR) is 139 cm³/mol. The third kappa shape index (κ3) is 5.82. The number of nitrogens with one attached hydrogen (secondary N) is 1. The second-order valence-corrected chi connectivity index (χ2v) is 12.3. The first kappa shape index (κ1) is 26.8. The van der Waals surface area contributed by atoms with Crippen molar-refractivity contribution in [2.45, 2.75) is 122 Å². The first-order valence-electron chi connectivity index (χ1n) is 13.7. The lowest BCUT2D eigenvalue weighted by Gasteiger charge is -2.40. The Morgan fingerprint density at radius 1 is 1.19 bits per heavy atom. The highest BCUT2D eigenvalue weighted by Crippen LogP contribution is 2.51. The third-order valence-electron chi connectivity index (χ3n) is 7.83. The fraction of sp³-hybridized carbons (Fsp3) is 0.724. The number of unbranched alkanes of at least 4 members (excludes halogenated alkanes) is 1. The second-order valence-electron chi connectivity index (χ2n) is 12.3. The van der Waals surface area contributed by atoms with Crippen molar-refractivity contribution in [1.29, 1.82) is 0 Å². The Hall–Kier alpha value is -2.28. The Balaban J connectivity index is 1.42. The van der Waals surface area contributed by atoms with E-state index in [4.69, 9.17) is 14.2 Å². The molecule has 3 atom stereocenters. The van der Waals surface area contributed by atoms with Gasteiger partial charge in [0.25, 0.3) is 0 Å². The number of hydrogen-bond acceptors (Lipinski definition) is 5. The van der Waals surface area contributed by atoms with Crippen molar-refractivity contribution in [1.82, 2.24) is 10.2 Å². The molecule has 2 amide bonds. The molecule has 1 aliphatic heterocycles. The minimum Gasteiger partial charge on any atom is -0.446 e. The zero-order valence-electron chi connectivity index (χ0n) is 22.9. The summed E-state index contributed by atoms with van der Waals surface area (Å²) in [6.07, 6.45) is 6.66. The molecule has 0 unspecified atom stereocenters. The molecule has 1 aromatic carbocycles. The fourth-order valence-corrected chi connectivity index (χ4v) is 6.11. The van der Waals surface area contributed by atoms with Crippen LogP contribution in [0.15, 0.2) is 18.2 Å². The number of ether oxygens (including phenoxy) is 3. The largest absolute Gasteiger partial charge is 0.446 e. The van der Waals surface area contributed by atoms with Gasteiger partial charge < -0.3 is 19.5 Å². The summed E-state index contributed by atoms with van der Waals surface area (Å²) in [6.45, 7) is 12.9. The van der Waals surface area contributed by atoms with Gasteiger partial charge >= 0.3 is 12.2 Å². The van der Waals surface area contributed by atoms with E-state index in [1.165, 1.54) is 16.7 Å². The molecule has 1 aromatic rings. The van der Waals surface area contributed by atoms with E-state index >= 15 is 0 Å². The number of alkyl carbamates (subject to hydrolysis) is 1. The van der Waals surface area contributed by atoms with E-state index in [1.807, 2.05) is 39.5 Å². The Kier molecular flexibility index (Phi) is 7.61. The third-order valence-corrected chi connectivity index (χ3v) is 7.83. The number of benzene rings is 1. The second kappa shape index (κ2) is 10.2. The zero-order chi connectivity index (χ0) is 26.1. The smallest absolute Gasteiger partial charge is 0.413 e. The maximum absolute atomic E-state index is 13.2. The number of nitrogens with zero attached hydrogens (tertiary/aromatic N) is 1. The van der Waals surface area contributed by atoms with Gasteiger partial charge in [0.15, 0.2) is 0 Å². The van der Waals surface area contributed by atoms with Gasteiger partial charge in [-0.25, -0.2) is 9.59 Å². The number of hydrogen-bond donors (Lipinski definition) is 1. The number of fused-ring (bicyclic) bond motifs is 1. The monoisotopic (exact) mass is 500 g/mol. The zero-order valence-corrected chi connectivity index (χ0v) is 22.9. The molecule has 1 saturated heterocycles. The summed E-state index contributed by atoms with van der Waals surface area (Å²) in [5.41, 5.74) is 2.37. The first-order valence-corrected chi connectivity index (χ1v) is 13.7. The molecule has 1 spiro atoms. The van der Waals surface area contributed by atoms with Crippen LogP contribution in [0, 0.1) is 0 Å². The number of aryl methyl sites for hydroxylation is 1. The van der Waals surface area contributed by atoms with Crippen molar-refractivity contribution in [3.63, 3.8) is 0 Å². The van der Waals surface area contributed by atoms with Crippen molar-refractivity contribution in [3.8, 4) is 0 Å². The van der Waals surface area contributed by atoms with Crippen LogP contribution in [0.5, 0.6) is 0 Å². The van der Waals surface area contributed by atoms with Crippen LogP contribution >= 0.6 is 0 Å². The molecule has 0 radical (unpaired) electrons. The molecule has 7 heteroatoms. The van der Waals surface area contributed by atoms with E-state index in [0.29, 0.717) is 19.1 Å². The van der Waals surface area contributed by atoms with Crippen LogP contribution in [-0.2, 0) is 27.1 Å². The van der Waals surface area contributed by atoms with E-state index in [2.05, 4.69) is 30.4 Å². The SMILES string of the molecule is CCCCNC(=O)O[C@H]1CCc2cc([C@H]3CC[C@@]4(COC(C)(C)N4C(=O)OC(C)(C)C)C3)ccc2C1. The average Bonchev–Trinajstić information content (AvgIpc) is 3.32. The van der Waals surface area contributed by atoms with Gasteiger partial charge in [-0.2, -0.15) is 0 Å². The molecule has 1 saturated carbocycles. The average molecular weight is 501 g/mol. The van der Waals surface area contributed by atoms with Crippen molar-refractivity contribution >= 4 is 12.2 Å². The van der Waals surface area contributed by atoms with Gasteiger partial charge in [0.1, 0.15) is 17.4 Å². The highest BCUT2D eigenvalue weighted by molar-refractivity contribution is 5.71. The standard InChI is InChI=1S/C29H44N2O5/c1-7-8-15-30-25(32)35-24-12-11-20-16-21(9-10-22(20)17-24)23-13-14-29(18-23)19-34-28(5,6)31(29)26(33)36-27(2,3)4/h9-10,16,23-24H,7-8,11-15,17-19H2,1-6H3,(H,30,32)/t23-,24-,29-/m0/s1. The van der Waals surface area contributed by atoms with Crippen LogP contribution in [0.25, 0.3) is 0 Å². The highest BCUT2D eigenvalue weighted by atomic mass is 16.6. The molecule has 1 N–H and O–H groups in total. The maximum atomic E-state index is 13.2. The van der Waals surface area contributed by atoms with Crippen molar-refractivity contribution in [3.05, 3.63) is 34.9 Å². The molecule has 36 heavy (non-hydrogen) atoms. The molecular formula is C29H44N2O5. The van der Waals surface area contributed by atoms with Crippen LogP contribution in [0.1, 0.15) is 103 Å². The number of carbonyl (C=O) groups excluding carboxylic acids is 2. The lowest BCUT2D eigenvalue weighted by molar-refractivity contribution is -0.0688. The van der Waals surface area contributed by atoms with Crippen molar-refractivity contribution < 1.29 is 23.8 Å². The summed E-state index contributed by atoms with van der Waals surface area (Å²) < 4.78 is 17.6. The highest BCUT2D eigenvalue weighted by Gasteiger charge is 2.58. The van der Waals surface area contributed by atoms with E-state index in [-0.39, 0.29) is 23.8 Å². The topological polar surface area (TPSA) is 77.1 Å². The molecule has 7 nitrogen and oxygen atoms in total. The quantitative estimate of drug-likeness (QED) is 0.496. The summed E-state index contributed by atoms with van der Waals surface area (Å²) in [6, 6.07) is 6.78. The van der Waals surface area contributed by atoms with E-state index in [9.17, 15) is 9.59 Å². The summed E-state index contributed by atoms with van der Waals surface area (Å²) >= 11 is 0. The summed E-state index contributed by atoms with van der Waals surface area (Å²) in [5.74, 6) is 0.371. The van der Waals surface area contributed by atoms with Gasteiger partial charge in [0.05, 0.1) is 12.1 Å². The van der Waals surface area contributed by atoms with Gasteiger partial charge in [-0.1, -0.05) is 31.5 Å². The Morgan fingerprint density at radius 3 is 2.69 bits per heavy atom. The Bertz CT molecular complexity index is 969. The molecule has 2 fully saturated rings. The molecular weight excluding hydrogens is 456 g/mol. The normalized spacial score (nSPS) is 27.1. The molecule has 1 heterocycles. The molecule has 0 aromatic heterocycles. The van der Waals surface area contributed by atoms with Crippen LogP contribution < -0.4 is 5.32 Å². The first-order chi connectivity index (χ1) is 16.9. The minimum atomic E-state index is -0.690.